The molecule has 1 aliphatic carbocycles. The quantitative estimate of drug-likeness (QED) is 0.855. The second kappa shape index (κ2) is 4.53. The molecule has 0 spiro atoms. The van der Waals surface area contributed by atoms with Crippen LogP contribution in [0.2, 0.25) is 0 Å². The van der Waals surface area contributed by atoms with E-state index in [0.717, 1.165) is 18.7 Å². The molecule has 0 saturated carbocycles. The molecule has 0 bridgehead atoms. The molecule has 1 aliphatic rings. The van der Waals surface area contributed by atoms with E-state index >= 15 is 0 Å². The predicted molar refractivity (Wildman–Crippen MR) is 66.8 cm³/mol. The second-order valence-corrected chi connectivity index (χ2v) is 4.87. The SMILES string of the molecule is CC(NC1CCCc2c1cnn2C)c1ncn[nH]1. The van der Waals surface area contributed by atoms with Crippen LogP contribution in [0.25, 0.3) is 0 Å². The molecule has 0 saturated heterocycles. The maximum absolute atomic E-state index is 4.36. The van der Waals surface area contributed by atoms with Gasteiger partial charge in [0.2, 0.25) is 0 Å². The number of hydrogen-bond acceptors (Lipinski definition) is 4. The summed E-state index contributed by atoms with van der Waals surface area (Å²) in [6, 6.07) is 0.534. The van der Waals surface area contributed by atoms with Gasteiger partial charge in [0.15, 0.2) is 0 Å². The Morgan fingerprint density at radius 1 is 1.56 bits per heavy atom. The van der Waals surface area contributed by atoms with E-state index in [9.17, 15) is 0 Å². The first-order chi connectivity index (χ1) is 8.75. The molecule has 3 rings (SSSR count). The van der Waals surface area contributed by atoms with E-state index in [2.05, 4.69) is 32.5 Å². The Bertz CT molecular complexity index is 515. The summed E-state index contributed by atoms with van der Waals surface area (Å²) in [5.74, 6) is 0.881. The van der Waals surface area contributed by atoms with Gasteiger partial charge in [-0.15, -0.1) is 0 Å². The smallest absolute Gasteiger partial charge is 0.141 e. The number of H-pyrrole nitrogens is 1. The van der Waals surface area contributed by atoms with Crippen molar-refractivity contribution in [2.24, 2.45) is 7.05 Å². The van der Waals surface area contributed by atoms with E-state index in [1.165, 1.54) is 17.7 Å². The summed E-state index contributed by atoms with van der Waals surface area (Å²) in [6.45, 7) is 2.10. The zero-order valence-corrected chi connectivity index (χ0v) is 10.7. The van der Waals surface area contributed by atoms with Gasteiger partial charge in [-0.25, -0.2) is 4.98 Å². The van der Waals surface area contributed by atoms with Crippen molar-refractivity contribution in [3.05, 3.63) is 29.6 Å². The Labute approximate surface area is 106 Å². The average molecular weight is 246 g/mol. The first-order valence-electron chi connectivity index (χ1n) is 6.38. The summed E-state index contributed by atoms with van der Waals surface area (Å²) in [4.78, 5) is 4.19. The highest BCUT2D eigenvalue weighted by atomic mass is 15.3. The molecule has 2 heterocycles. The van der Waals surface area contributed by atoms with E-state index in [4.69, 9.17) is 0 Å². The molecule has 2 N–H and O–H groups in total. The molecule has 2 aromatic heterocycles. The zero-order chi connectivity index (χ0) is 12.5. The van der Waals surface area contributed by atoms with Gasteiger partial charge >= 0.3 is 0 Å². The molecule has 0 amide bonds. The Balaban J connectivity index is 1.78. The van der Waals surface area contributed by atoms with Gasteiger partial charge in [-0.3, -0.25) is 9.78 Å². The van der Waals surface area contributed by atoms with Crippen LogP contribution in [0.1, 0.15) is 48.9 Å². The largest absolute Gasteiger partial charge is 0.300 e. The Morgan fingerprint density at radius 2 is 2.44 bits per heavy atom. The van der Waals surface area contributed by atoms with Crippen molar-refractivity contribution in [1.29, 1.82) is 0 Å². The first-order valence-corrected chi connectivity index (χ1v) is 6.38. The summed E-state index contributed by atoms with van der Waals surface area (Å²) < 4.78 is 1.99. The molecule has 0 radical (unpaired) electrons. The summed E-state index contributed by atoms with van der Waals surface area (Å²) in [5.41, 5.74) is 2.68. The van der Waals surface area contributed by atoms with E-state index in [1.54, 1.807) is 6.33 Å². The number of aryl methyl sites for hydroxylation is 1. The van der Waals surface area contributed by atoms with Crippen molar-refractivity contribution in [2.45, 2.75) is 38.3 Å². The summed E-state index contributed by atoms with van der Waals surface area (Å²) >= 11 is 0. The number of aromatic nitrogens is 5. The number of aromatic amines is 1. The van der Waals surface area contributed by atoms with Gasteiger partial charge < -0.3 is 5.32 Å². The lowest BCUT2D eigenvalue weighted by Crippen LogP contribution is -2.28. The van der Waals surface area contributed by atoms with Crippen molar-refractivity contribution in [3.8, 4) is 0 Å². The van der Waals surface area contributed by atoms with Gasteiger partial charge in [0.05, 0.1) is 12.2 Å². The second-order valence-electron chi connectivity index (χ2n) is 4.87. The number of nitrogens with one attached hydrogen (secondary N) is 2. The fraction of sp³-hybridized carbons (Fsp3) is 0.583. The van der Waals surface area contributed by atoms with Crippen LogP contribution in [0.4, 0.5) is 0 Å². The molecule has 0 aromatic carbocycles. The third kappa shape index (κ3) is 1.92. The fourth-order valence-corrected chi connectivity index (χ4v) is 2.68. The van der Waals surface area contributed by atoms with E-state index in [1.807, 2.05) is 17.9 Å². The van der Waals surface area contributed by atoms with Crippen LogP contribution in [0.3, 0.4) is 0 Å². The lowest BCUT2D eigenvalue weighted by Gasteiger charge is -2.26. The number of nitrogens with zero attached hydrogens (tertiary/aromatic N) is 4. The molecule has 6 heteroatoms. The first kappa shape index (κ1) is 11.4. The highest BCUT2D eigenvalue weighted by molar-refractivity contribution is 5.25. The molecule has 96 valence electrons. The average Bonchev–Trinajstić information content (AvgIpc) is 3.00. The Hall–Kier alpha value is -1.69. The summed E-state index contributed by atoms with van der Waals surface area (Å²) in [7, 11) is 2.01. The van der Waals surface area contributed by atoms with Crippen LogP contribution in [0.5, 0.6) is 0 Å². The van der Waals surface area contributed by atoms with Crippen molar-refractivity contribution < 1.29 is 0 Å². The van der Waals surface area contributed by atoms with Crippen LogP contribution in [-0.4, -0.2) is 25.0 Å². The summed E-state index contributed by atoms with van der Waals surface area (Å²) in [5, 5.41) is 14.8. The van der Waals surface area contributed by atoms with Crippen molar-refractivity contribution in [1.82, 2.24) is 30.3 Å². The molecule has 2 unspecified atom stereocenters. The maximum Gasteiger partial charge on any atom is 0.141 e. The normalized spacial score (nSPS) is 20.7. The zero-order valence-electron chi connectivity index (χ0n) is 10.7. The lowest BCUT2D eigenvalue weighted by atomic mass is 9.92. The van der Waals surface area contributed by atoms with Gasteiger partial charge in [-0.2, -0.15) is 10.2 Å². The van der Waals surface area contributed by atoms with Gasteiger partial charge in [0.25, 0.3) is 0 Å². The van der Waals surface area contributed by atoms with Crippen LogP contribution in [0, 0.1) is 0 Å². The minimum absolute atomic E-state index is 0.170. The van der Waals surface area contributed by atoms with Crippen LogP contribution >= 0.6 is 0 Å². The molecular weight excluding hydrogens is 228 g/mol. The van der Waals surface area contributed by atoms with Gasteiger partial charge in [-0.1, -0.05) is 0 Å². The van der Waals surface area contributed by atoms with Crippen molar-refractivity contribution in [2.75, 3.05) is 0 Å². The van der Waals surface area contributed by atoms with Gasteiger partial charge in [0.1, 0.15) is 12.2 Å². The van der Waals surface area contributed by atoms with Crippen LogP contribution in [-0.2, 0) is 13.5 Å². The lowest BCUT2D eigenvalue weighted by molar-refractivity contribution is 0.402. The number of hydrogen-bond donors (Lipinski definition) is 2. The molecule has 0 aliphatic heterocycles. The van der Waals surface area contributed by atoms with Crippen molar-refractivity contribution in [3.63, 3.8) is 0 Å². The van der Waals surface area contributed by atoms with E-state index in [-0.39, 0.29) is 6.04 Å². The minimum atomic E-state index is 0.170. The molecular formula is C12H18N6. The maximum atomic E-state index is 4.36. The topological polar surface area (TPSA) is 71.4 Å². The van der Waals surface area contributed by atoms with E-state index < -0.39 is 0 Å². The minimum Gasteiger partial charge on any atom is -0.300 e. The molecule has 6 nitrogen and oxygen atoms in total. The van der Waals surface area contributed by atoms with Gasteiger partial charge in [0, 0.05) is 24.3 Å². The summed E-state index contributed by atoms with van der Waals surface area (Å²) in [6.07, 6.45) is 7.01. The third-order valence-electron chi connectivity index (χ3n) is 3.67. The van der Waals surface area contributed by atoms with E-state index in [0.29, 0.717) is 6.04 Å². The Kier molecular flexibility index (Phi) is 2.87. The molecule has 0 fully saturated rings. The fourth-order valence-electron chi connectivity index (χ4n) is 2.68. The van der Waals surface area contributed by atoms with Gasteiger partial charge in [-0.05, 0) is 26.2 Å². The number of rotatable bonds is 3. The van der Waals surface area contributed by atoms with Crippen molar-refractivity contribution >= 4 is 0 Å². The highest BCUT2D eigenvalue weighted by Crippen LogP contribution is 2.30. The molecule has 2 aromatic rings. The standard InChI is InChI=1S/C12H18N6/c1-8(12-13-7-14-17-12)16-10-4-3-5-11-9(10)6-15-18(11)2/h6-8,10,16H,3-5H2,1-2H3,(H,13,14,17). The Morgan fingerprint density at radius 3 is 3.22 bits per heavy atom. The molecule has 2 atom stereocenters. The third-order valence-corrected chi connectivity index (χ3v) is 3.67. The monoisotopic (exact) mass is 246 g/mol. The molecule has 18 heavy (non-hydrogen) atoms. The number of fused-ring (bicyclic) bond motifs is 1. The van der Waals surface area contributed by atoms with Crippen LogP contribution in [0.15, 0.2) is 12.5 Å². The highest BCUT2D eigenvalue weighted by Gasteiger charge is 2.25. The van der Waals surface area contributed by atoms with Crippen LogP contribution < -0.4 is 5.32 Å². The predicted octanol–water partition coefficient (Wildman–Crippen LogP) is 1.27.